The molecule has 1 saturated heterocycles. The van der Waals surface area contributed by atoms with Crippen molar-refractivity contribution >= 4 is 11.8 Å². The summed E-state index contributed by atoms with van der Waals surface area (Å²) in [5, 5.41) is 33.7. The molecular formula is C12H20N2O6. The zero-order valence-corrected chi connectivity index (χ0v) is 11.2. The topological polar surface area (TPSA) is 128 Å². The maximum absolute atomic E-state index is 11.5. The number of ether oxygens (including phenoxy) is 1. The summed E-state index contributed by atoms with van der Waals surface area (Å²) in [5.41, 5.74) is 0. The van der Waals surface area contributed by atoms with Crippen LogP contribution in [0.5, 0.6) is 0 Å². The molecule has 0 aliphatic carbocycles. The maximum Gasteiger partial charge on any atom is 0.225 e. The van der Waals surface area contributed by atoms with E-state index in [1.807, 2.05) is 0 Å². The van der Waals surface area contributed by atoms with Crippen LogP contribution in [0.4, 0.5) is 0 Å². The van der Waals surface area contributed by atoms with Crippen LogP contribution in [0.1, 0.15) is 13.3 Å². The third-order valence-electron chi connectivity index (χ3n) is 2.93. The van der Waals surface area contributed by atoms with Crippen LogP contribution in [-0.2, 0) is 14.3 Å². The van der Waals surface area contributed by atoms with Gasteiger partial charge in [-0.05, 0) is 0 Å². The lowest BCUT2D eigenvalue weighted by molar-refractivity contribution is -0.203. The third-order valence-corrected chi connectivity index (χ3v) is 2.93. The van der Waals surface area contributed by atoms with Crippen molar-refractivity contribution in [1.29, 1.82) is 0 Å². The molecule has 20 heavy (non-hydrogen) atoms. The van der Waals surface area contributed by atoms with Gasteiger partial charge in [0.1, 0.15) is 24.4 Å². The summed E-state index contributed by atoms with van der Waals surface area (Å²) in [6.45, 7) is 4.13. The minimum absolute atomic E-state index is 0.0368. The Hall–Kier alpha value is -1.48. The highest BCUT2D eigenvalue weighted by Crippen LogP contribution is 2.20. The van der Waals surface area contributed by atoms with Gasteiger partial charge in [-0.25, -0.2) is 0 Å². The highest BCUT2D eigenvalue weighted by atomic mass is 16.5. The highest BCUT2D eigenvalue weighted by Gasteiger charge is 2.45. The van der Waals surface area contributed by atoms with Crippen LogP contribution in [0.2, 0.25) is 0 Å². The molecule has 8 nitrogen and oxygen atoms in total. The number of hydrogen-bond acceptors (Lipinski definition) is 6. The van der Waals surface area contributed by atoms with Crippen LogP contribution >= 0.6 is 0 Å². The second kappa shape index (κ2) is 7.34. The number of carbonyl (C=O) groups is 2. The molecule has 0 bridgehead atoms. The van der Waals surface area contributed by atoms with Crippen LogP contribution in [0, 0.1) is 0 Å². The van der Waals surface area contributed by atoms with Gasteiger partial charge in [0.25, 0.3) is 0 Å². The second-order valence-corrected chi connectivity index (χ2v) is 4.55. The van der Waals surface area contributed by atoms with Crippen LogP contribution in [-0.4, -0.2) is 64.3 Å². The lowest BCUT2D eigenvalue weighted by Crippen LogP contribution is -2.68. The van der Waals surface area contributed by atoms with Gasteiger partial charge in [0, 0.05) is 13.3 Å². The molecule has 1 rings (SSSR count). The Morgan fingerprint density at radius 3 is 2.45 bits per heavy atom. The summed E-state index contributed by atoms with van der Waals surface area (Å²) in [6.07, 6.45) is -3.43. The molecule has 8 heteroatoms. The molecule has 0 aromatic heterocycles. The molecule has 5 N–H and O–H groups in total. The zero-order valence-electron chi connectivity index (χ0n) is 11.2. The normalized spacial score (nSPS) is 33.3. The van der Waals surface area contributed by atoms with Crippen molar-refractivity contribution in [2.24, 2.45) is 0 Å². The molecule has 0 spiro atoms. The van der Waals surface area contributed by atoms with Gasteiger partial charge in [0.05, 0.1) is 6.61 Å². The number of aliphatic hydroxyl groups is 3. The summed E-state index contributed by atoms with van der Waals surface area (Å²) in [5.74, 6) is -0.865. The number of rotatable bonds is 5. The number of aliphatic hydroxyl groups excluding tert-OH is 3. The van der Waals surface area contributed by atoms with E-state index in [1.54, 1.807) is 0 Å². The van der Waals surface area contributed by atoms with E-state index in [0.717, 1.165) is 0 Å². The van der Waals surface area contributed by atoms with E-state index < -0.39 is 49.0 Å². The fraction of sp³-hybridized carbons (Fsp3) is 0.667. The first kappa shape index (κ1) is 16.6. The number of nitrogens with one attached hydrogen (secondary N) is 2. The number of amides is 2. The molecular weight excluding hydrogens is 268 g/mol. The minimum atomic E-state index is -1.38. The molecule has 0 radical (unpaired) electrons. The Labute approximate surface area is 116 Å². The predicted molar refractivity (Wildman–Crippen MR) is 68.3 cm³/mol. The van der Waals surface area contributed by atoms with Gasteiger partial charge in [-0.15, -0.1) is 6.58 Å². The lowest BCUT2D eigenvalue weighted by atomic mass is 9.96. The van der Waals surface area contributed by atoms with Crippen LogP contribution in [0.25, 0.3) is 0 Å². The fourth-order valence-electron chi connectivity index (χ4n) is 1.98. The molecule has 1 fully saturated rings. The Balaban J connectivity index is 2.85. The largest absolute Gasteiger partial charge is 0.394 e. The molecule has 1 aliphatic rings. The quantitative estimate of drug-likeness (QED) is 0.359. The summed E-state index contributed by atoms with van der Waals surface area (Å²) in [7, 11) is 0. The first-order chi connectivity index (χ1) is 9.40. The predicted octanol–water partition coefficient (Wildman–Crippen LogP) is -2.38. The first-order valence-corrected chi connectivity index (χ1v) is 6.20. The Bertz CT molecular complexity index is 375. The average Bonchev–Trinajstić information content (AvgIpc) is 2.38. The minimum Gasteiger partial charge on any atom is -0.394 e. The van der Waals surface area contributed by atoms with E-state index in [0.29, 0.717) is 0 Å². The molecule has 114 valence electrons. The molecule has 1 heterocycles. The van der Waals surface area contributed by atoms with Crippen molar-refractivity contribution < 1.29 is 29.6 Å². The summed E-state index contributed by atoms with van der Waals surface area (Å²) in [6, 6.07) is -1.01. The van der Waals surface area contributed by atoms with Crippen molar-refractivity contribution in [1.82, 2.24) is 10.6 Å². The number of carbonyl (C=O) groups excluding carboxylic acids is 2. The van der Waals surface area contributed by atoms with Crippen molar-refractivity contribution in [2.75, 3.05) is 6.61 Å². The second-order valence-electron chi connectivity index (χ2n) is 4.55. The van der Waals surface area contributed by atoms with Gasteiger partial charge in [-0.1, -0.05) is 6.08 Å². The molecule has 1 aliphatic heterocycles. The molecule has 2 amide bonds. The fourth-order valence-corrected chi connectivity index (χ4v) is 1.98. The van der Waals surface area contributed by atoms with Crippen LogP contribution < -0.4 is 10.6 Å². The van der Waals surface area contributed by atoms with Crippen LogP contribution in [0.15, 0.2) is 12.7 Å². The van der Waals surface area contributed by atoms with E-state index in [-0.39, 0.29) is 6.42 Å². The van der Waals surface area contributed by atoms with Gasteiger partial charge >= 0.3 is 0 Å². The third kappa shape index (κ3) is 4.01. The maximum atomic E-state index is 11.5. The van der Waals surface area contributed by atoms with Crippen molar-refractivity contribution in [3.05, 3.63) is 12.7 Å². The zero-order chi connectivity index (χ0) is 15.3. The average molecular weight is 288 g/mol. The Morgan fingerprint density at radius 1 is 1.30 bits per heavy atom. The van der Waals surface area contributed by atoms with Gasteiger partial charge < -0.3 is 30.7 Å². The van der Waals surface area contributed by atoms with Gasteiger partial charge in [-0.3, -0.25) is 9.59 Å². The van der Waals surface area contributed by atoms with E-state index in [1.165, 1.54) is 13.0 Å². The van der Waals surface area contributed by atoms with E-state index in [2.05, 4.69) is 17.2 Å². The Kier molecular flexibility index (Phi) is 6.08. The van der Waals surface area contributed by atoms with Crippen molar-refractivity contribution in [2.45, 2.75) is 43.9 Å². The molecule has 0 aromatic rings. The number of hydrogen-bond donors (Lipinski definition) is 5. The summed E-state index contributed by atoms with van der Waals surface area (Å²) < 4.78 is 5.31. The monoisotopic (exact) mass is 288 g/mol. The van der Waals surface area contributed by atoms with Crippen molar-refractivity contribution in [3.63, 3.8) is 0 Å². The first-order valence-electron chi connectivity index (χ1n) is 6.20. The summed E-state index contributed by atoms with van der Waals surface area (Å²) >= 11 is 0. The van der Waals surface area contributed by atoms with Crippen molar-refractivity contribution in [3.8, 4) is 0 Å². The smallest absolute Gasteiger partial charge is 0.225 e. The van der Waals surface area contributed by atoms with E-state index in [9.17, 15) is 19.8 Å². The highest BCUT2D eigenvalue weighted by molar-refractivity contribution is 5.78. The van der Waals surface area contributed by atoms with E-state index in [4.69, 9.17) is 9.84 Å². The van der Waals surface area contributed by atoms with Gasteiger partial charge in [-0.2, -0.15) is 0 Å². The van der Waals surface area contributed by atoms with E-state index >= 15 is 0 Å². The molecule has 0 saturated carbocycles. The molecule has 0 unspecified atom stereocenters. The standard InChI is InChI=1S/C12H20N2O6/c1-3-4-8(17)14-12-9(13-6(2)16)11(19)10(18)7(5-15)20-12/h3,7,9-12,15,18-19H,1,4-5H2,2H3,(H,13,16)(H,14,17)/t7-,9-,10-,11-,12-/m1/s1. The molecule has 5 atom stereocenters. The van der Waals surface area contributed by atoms with Gasteiger partial charge in [0.2, 0.25) is 11.8 Å². The lowest BCUT2D eigenvalue weighted by Gasteiger charge is -2.42. The summed E-state index contributed by atoms with van der Waals surface area (Å²) in [4.78, 5) is 22.7. The SMILES string of the molecule is C=CCC(=O)N[C@@H]1O[C@H](CO)[C@@H](O)[C@H](O)[C@H]1NC(C)=O. The van der Waals surface area contributed by atoms with Crippen LogP contribution in [0.3, 0.4) is 0 Å². The Morgan fingerprint density at radius 2 is 1.95 bits per heavy atom. The molecule has 0 aromatic carbocycles. The van der Waals surface area contributed by atoms with Gasteiger partial charge in [0.15, 0.2) is 6.23 Å².